The molecule has 1 aliphatic rings. The molecule has 0 N–H and O–H groups in total. The Hall–Kier alpha value is -7.20. The van der Waals surface area contributed by atoms with E-state index in [1.807, 2.05) is 110 Å². The predicted molar refractivity (Wildman–Crippen MR) is 297 cm³/mol. The van der Waals surface area contributed by atoms with Crippen LogP contribution in [-0.4, -0.2) is 9.55 Å². The van der Waals surface area contributed by atoms with Crippen molar-refractivity contribution in [1.82, 2.24) is 9.55 Å². The fourth-order valence-corrected chi connectivity index (χ4v) is 9.46. The Kier molecular flexibility index (Phi) is 11.4. The maximum atomic E-state index is 9.64. The fourth-order valence-electron chi connectivity index (χ4n) is 9.46. The van der Waals surface area contributed by atoms with Gasteiger partial charge in [0, 0.05) is 72.5 Å². The Balaban J connectivity index is 0.00000657. The van der Waals surface area contributed by atoms with E-state index in [1.54, 1.807) is 0 Å². The van der Waals surface area contributed by atoms with Crippen LogP contribution in [0.15, 0.2) is 188 Å². The Morgan fingerprint density at radius 3 is 1.74 bits per heavy atom. The topological polar surface area (TPSA) is 33.5 Å². The largest absolute Gasteiger partial charge is 0.509 e. The monoisotopic (exact) mass is 1120 g/mol. The standard InChI is InChI=1S/C66H59N4O.Pt/c1-64(2,3)48-32-28-45(29-33-48)44-24-26-46(27-25-44)54-19-15-20-55(47-30-34-49(35-31-47)65(4,5)6)63(54)69-43-68(59-22-12-13-23-60(59)69)51-16-14-17-52(41-51)71-53-36-37-57-56-18-10-11-21-58(56)70(61(57)42-53)62-40-50(38-39-67-62)66(7,8)9;/h10-40,43H,1-9H3;/q-3;/i26D,27D,30D,31D;. The molecule has 11 rings (SSSR count). The average molecular weight is 1120 g/mol. The zero-order valence-corrected chi connectivity index (χ0v) is 44.5. The zero-order valence-electron chi connectivity index (χ0n) is 46.2. The Labute approximate surface area is 445 Å². The second-order valence-corrected chi connectivity index (χ2v) is 21.5. The molecule has 0 unspecified atom stereocenters. The number of hydrogen-bond acceptors (Lipinski definition) is 4. The van der Waals surface area contributed by atoms with E-state index < -0.39 is 0 Å². The smallest absolute Gasteiger partial charge is 0.135 e. The van der Waals surface area contributed by atoms with Gasteiger partial charge in [0.05, 0.1) is 5.48 Å². The first-order chi connectivity index (χ1) is 35.7. The number of pyridine rings is 1. The maximum Gasteiger partial charge on any atom is 0.135 e. The molecule has 0 bridgehead atoms. The van der Waals surface area contributed by atoms with E-state index in [0.717, 1.165) is 55.7 Å². The molecule has 0 fully saturated rings. The summed E-state index contributed by atoms with van der Waals surface area (Å²) in [6.07, 6.45) is 1.87. The van der Waals surface area contributed by atoms with Gasteiger partial charge in [0.2, 0.25) is 0 Å². The molecule has 0 saturated heterocycles. The third-order valence-corrected chi connectivity index (χ3v) is 13.5. The number of benzene rings is 8. The molecule has 10 aromatic rings. The van der Waals surface area contributed by atoms with Crippen LogP contribution in [0.4, 0.5) is 22.7 Å². The van der Waals surface area contributed by atoms with Crippen LogP contribution in [0.3, 0.4) is 0 Å². The van der Waals surface area contributed by atoms with Gasteiger partial charge in [0.1, 0.15) is 5.82 Å². The normalized spacial score (nSPS) is 13.6. The molecule has 0 aliphatic carbocycles. The first-order valence-electron chi connectivity index (χ1n) is 26.4. The van der Waals surface area contributed by atoms with Crippen molar-refractivity contribution in [1.29, 1.82) is 0 Å². The van der Waals surface area contributed by atoms with Crippen molar-refractivity contribution in [3.8, 4) is 50.7 Å². The molecule has 2 aromatic heterocycles. The minimum atomic E-state index is -0.276. The molecule has 0 atom stereocenters. The molecule has 6 heteroatoms. The molecule has 72 heavy (non-hydrogen) atoms. The summed E-state index contributed by atoms with van der Waals surface area (Å²) in [5, 5.41) is 2.14. The molecule has 362 valence electrons. The first-order valence-corrected chi connectivity index (χ1v) is 24.4. The van der Waals surface area contributed by atoms with Crippen molar-refractivity contribution in [2.24, 2.45) is 0 Å². The second-order valence-electron chi connectivity index (χ2n) is 21.5. The molecule has 8 aromatic carbocycles. The van der Waals surface area contributed by atoms with Crippen molar-refractivity contribution < 1.29 is 31.3 Å². The summed E-state index contributed by atoms with van der Waals surface area (Å²) in [5.74, 6) is 1.83. The number of hydrogen-bond donors (Lipinski definition) is 0. The van der Waals surface area contributed by atoms with Gasteiger partial charge < -0.3 is 19.1 Å². The van der Waals surface area contributed by atoms with Crippen LogP contribution in [0, 0.1) is 18.8 Å². The van der Waals surface area contributed by atoms with E-state index in [-0.39, 0.29) is 61.5 Å². The number of rotatable bonds is 8. The number of anilines is 4. The molecule has 0 radical (unpaired) electrons. The van der Waals surface area contributed by atoms with Gasteiger partial charge in [0.15, 0.2) is 0 Å². The van der Waals surface area contributed by atoms with Crippen LogP contribution < -0.4 is 14.5 Å². The van der Waals surface area contributed by atoms with Crippen LogP contribution in [0.5, 0.6) is 11.5 Å². The number of ether oxygens (including phenoxy) is 1. The number of aromatic nitrogens is 2. The van der Waals surface area contributed by atoms with Crippen molar-refractivity contribution in [3.05, 3.63) is 224 Å². The van der Waals surface area contributed by atoms with Crippen LogP contribution in [0.2, 0.25) is 0 Å². The van der Waals surface area contributed by atoms with Gasteiger partial charge in [0.25, 0.3) is 0 Å². The molecule has 0 spiro atoms. The van der Waals surface area contributed by atoms with Crippen molar-refractivity contribution in [3.63, 3.8) is 0 Å². The van der Waals surface area contributed by atoms with Gasteiger partial charge in [-0.05, 0) is 90.9 Å². The van der Waals surface area contributed by atoms with Gasteiger partial charge in [-0.2, -0.15) is 12.1 Å². The predicted octanol–water partition coefficient (Wildman–Crippen LogP) is 17.9. The molecule has 0 saturated carbocycles. The molecule has 5 nitrogen and oxygen atoms in total. The summed E-state index contributed by atoms with van der Waals surface area (Å²) < 4.78 is 47.1. The third kappa shape index (κ3) is 9.16. The number of fused-ring (bicyclic) bond motifs is 4. The van der Waals surface area contributed by atoms with E-state index in [1.165, 1.54) is 11.1 Å². The van der Waals surface area contributed by atoms with Crippen LogP contribution in [0.1, 0.15) is 84.5 Å². The minimum absolute atomic E-state index is 0. The van der Waals surface area contributed by atoms with Crippen molar-refractivity contribution in [2.45, 2.75) is 78.6 Å². The van der Waals surface area contributed by atoms with E-state index in [0.29, 0.717) is 45.1 Å². The van der Waals surface area contributed by atoms with Gasteiger partial charge in [-0.25, -0.2) is 4.98 Å². The van der Waals surface area contributed by atoms with Crippen LogP contribution in [-0.2, 0) is 37.3 Å². The summed E-state index contributed by atoms with van der Waals surface area (Å²) in [4.78, 5) is 8.98. The molecule has 3 heterocycles. The van der Waals surface area contributed by atoms with Crippen LogP contribution in [0.25, 0.3) is 61.0 Å². The zero-order chi connectivity index (χ0) is 52.7. The molecular weight excluding hydrogens is 1060 g/mol. The van der Waals surface area contributed by atoms with Crippen molar-refractivity contribution >= 4 is 44.6 Å². The van der Waals surface area contributed by atoms with E-state index in [9.17, 15) is 5.48 Å². The SMILES string of the molecule is [2H]c1cc(-c2ccc(C(C)(C)C)cc2)cc([2H])c1-c1cccc(-c2c([2H])cc(C(C)(C)C)cc2[2H])c1N1[CH-]N(c2[c-]c(Oc3[c-]c4c(cc3)c3ccccc3n4-c3cc(C(C)(C)C)ccn3)ccc2)c2ccccc21.[Pt]. The number of nitrogens with zero attached hydrogens (tertiary/aromatic N) is 4. The van der Waals surface area contributed by atoms with E-state index >= 15 is 0 Å². The fraction of sp³-hybridized carbons (Fsp3) is 0.182. The summed E-state index contributed by atoms with van der Waals surface area (Å²) in [7, 11) is 0. The quantitative estimate of drug-likeness (QED) is 0.142. The Bertz CT molecular complexity index is 3820. The second kappa shape index (κ2) is 18.8. The maximum absolute atomic E-state index is 9.64. The van der Waals surface area contributed by atoms with Crippen LogP contribution >= 0.6 is 0 Å². The summed E-state index contributed by atoms with van der Waals surface area (Å²) in [6.45, 7) is 21.4. The molecular formula is C66H59N4OPt-3. The third-order valence-electron chi connectivity index (χ3n) is 13.5. The molecule has 0 amide bonds. The first kappa shape index (κ1) is 43.6. The van der Waals surface area contributed by atoms with E-state index in [2.05, 4.69) is 149 Å². The summed E-state index contributed by atoms with van der Waals surface area (Å²) in [6, 6.07) is 60.1. The average Bonchev–Trinajstić information content (AvgIpc) is 3.95. The Morgan fingerprint density at radius 1 is 0.500 bits per heavy atom. The molecule has 1 aliphatic heterocycles. The van der Waals surface area contributed by atoms with Gasteiger partial charge in [-0.3, -0.25) is 0 Å². The van der Waals surface area contributed by atoms with Gasteiger partial charge in [-0.1, -0.05) is 189 Å². The minimum Gasteiger partial charge on any atom is -0.509 e. The Morgan fingerprint density at radius 2 is 1.07 bits per heavy atom. The van der Waals surface area contributed by atoms with Crippen molar-refractivity contribution in [2.75, 3.05) is 9.80 Å². The summed E-state index contributed by atoms with van der Waals surface area (Å²) >= 11 is 0. The summed E-state index contributed by atoms with van der Waals surface area (Å²) in [5.41, 5.74) is 11.8. The van der Waals surface area contributed by atoms with E-state index in [4.69, 9.17) is 9.72 Å². The number of para-hydroxylation sites is 4. The van der Waals surface area contributed by atoms with Gasteiger partial charge >= 0.3 is 0 Å². The van der Waals surface area contributed by atoms with Gasteiger partial charge in [-0.15, -0.1) is 48.1 Å².